The summed E-state index contributed by atoms with van der Waals surface area (Å²) in [6.45, 7) is 3.05. The van der Waals surface area contributed by atoms with Crippen molar-refractivity contribution in [2.45, 2.75) is 20.0 Å². The molecule has 2 aromatic rings. The highest BCUT2D eigenvalue weighted by Gasteiger charge is 2.22. The lowest BCUT2D eigenvalue weighted by molar-refractivity contribution is -0.386. The van der Waals surface area contributed by atoms with Crippen LogP contribution in [0.3, 0.4) is 0 Å². The molecule has 0 spiro atoms. The summed E-state index contributed by atoms with van der Waals surface area (Å²) in [6.07, 6.45) is -1.13. The van der Waals surface area contributed by atoms with E-state index in [-0.39, 0.29) is 17.1 Å². The molecule has 1 atom stereocenters. The highest BCUT2D eigenvalue weighted by molar-refractivity contribution is 5.94. The van der Waals surface area contributed by atoms with E-state index in [0.29, 0.717) is 11.6 Å². The van der Waals surface area contributed by atoms with Crippen molar-refractivity contribution in [3.8, 4) is 5.75 Å². The van der Waals surface area contributed by atoms with Crippen LogP contribution in [-0.2, 0) is 4.79 Å². The average molecular weight is 336 g/mol. The number of ether oxygens (including phenoxy) is 1. The van der Waals surface area contributed by atoms with Gasteiger partial charge in [0.2, 0.25) is 0 Å². The van der Waals surface area contributed by atoms with Gasteiger partial charge in [0, 0.05) is 12.1 Å². The van der Waals surface area contributed by atoms with Gasteiger partial charge in [-0.2, -0.15) is 0 Å². The number of amides is 1. The van der Waals surface area contributed by atoms with Crippen molar-refractivity contribution in [2.24, 2.45) is 0 Å². The van der Waals surface area contributed by atoms with Crippen molar-refractivity contribution in [2.75, 3.05) is 5.32 Å². The number of nitro benzene ring substituents is 1. The zero-order chi connectivity index (χ0) is 17.9. The third-order valence-electron chi connectivity index (χ3n) is 3.17. The molecule has 6 nitrogen and oxygen atoms in total. The van der Waals surface area contributed by atoms with E-state index in [4.69, 9.17) is 4.74 Å². The number of benzene rings is 2. The lowest BCUT2D eigenvalue weighted by Crippen LogP contribution is -2.30. The van der Waals surface area contributed by atoms with Crippen LogP contribution in [-0.4, -0.2) is 16.9 Å². The molecule has 0 fully saturated rings. The standard InChI is InChI=1S/C16H14F2N2O4/c1-9-3-6-15(14(7-9)20(22)23)24-10(2)16(21)19-13-5-4-11(17)8-12(13)18/h3-8,10H,1-2H3,(H,19,21)/t10-/m1/s1. The first-order valence-corrected chi connectivity index (χ1v) is 6.95. The minimum Gasteiger partial charge on any atom is -0.474 e. The number of rotatable bonds is 5. The molecular formula is C16H14F2N2O4. The molecule has 0 bridgehead atoms. The molecule has 0 radical (unpaired) electrons. The summed E-state index contributed by atoms with van der Waals surface area (Å²) in [4.78, 5) is 22.5. The maximum Gasteiger partial charge on any atom is 0.311 e. The van der Waals surface area contributed by atoms with Gasteiger partial charge in [0.1, 0.15) is 11.6 Å². The minimum atomic E-state index is -1.13. The molecule has 0 unspecified atom stereocenters. The second-order valence-electron chi connectivity index (χ2n) is 5.10. The van der Waals surface area contributed by atoms with E-state index in [1.807, 2.05) is 0 Å². The van der Waals surface area contributed by atoms with E-state index < -0.39 is 28.6 Å². The Labute approximate surface area is 136 Å². The zero-order valence-electron chi connectivity index (χ0n) is 12.9. The normalized spacial score (nSPS) is 11.7. The molecule has 0 aliphatic carbocycles. The van der Waals surface area contributed by atoms with Crippen LogP contribution >= 0.6 is 0 Å². The topological polar surface area (TPSA) is 81.5 Å². The monoisotopic (exact) mass is 336 g/mol. The van der Waals surface area contributed by atoms with E-state index in [1.54, 1.807) is 13.0 Å². The fraction of sp³-hybridized carbons (Fsp3) is 0.188. The summed E-state index contributed by atoms with van der Waals surface area (Å²) in [7, 11) is 0. The fourth-order valence-electron chi connectivity index (χ4n) is 1.94. The summed E-state index contributed by atoms with van der Waals surface area (Å²) in [5.74, 6) is -2.51. The fourth-order valence-corrected chi connectivity index (χ4v) is 1.94. The Bertz CT molecular complexity index is 796. The Morgan fingerprint density at radius 2 is 1.96 bits per heavy atom. The molecule has 0 aliphatic heterocycles. The molecule has 0 aromatic heterocycles. The first kappa shape index (κ1) is 17.3. The Balaban J connectivity index is 2.13. The highest BCUT2D eigenvalue weighted by Crippen LogP contribution is 2.28. The third-order valence-corrected chi connectivity index (χ3v) is 3.17. The van der Waals surface area contributed by atoms with Crippen LogP contribution in [0.4, 0.5) is 20.2 Å². The Kier molecular flexibility index (Phi) is 5.08. The van der Waals surface area contributed by atoms with Crippen molar-refractivity contribution in [1.82, 2.24) is 0 Å². The average Bonchev–Trinajstić information content (AvgIpc) is 2.51. The molecule has 2 rings (SSSR count). The maximum absolute atomic E-state index is 13.5. The lowest BCUT2D eigenvalue weighted by atomic mass is 10.2. The van der Waals surface area contributed by atoms with Crippen LogP contribution < -0.4 is 10.1 Å². The van der Waals surface area contributed by atoms with Crippen LogP contribution in [0.15, 0.2) is 36.4 Å². The smallest absolute Gasteiger partial charge is 0.311 e. The Morgan fingerprint density at radius 3 is 2.58 bits per heavy atom. The quantitative estimate of drug-likeness (QED) is 0.668. The Hall–Kier alpha value is -3.03. The van der Waals surface area contributed by atoms with Crippen LogP contribution in [0.25, 0.3) is 0 Å². The van der Waals surface area contributed by atoms with Crippen molar-refractivity contribution in [3.05, 3.63) is 63.7 Å². The summed E-state index contributed by atoms with van der Waals surface area (Å²) in [5, 5.41) is 13.3. The van der Waals surface area contributed by atoms with Gasteiger partial charge in [-0.05, 0) is 37.6 Å². The maximum atomic E-state index is 13.5. The van der Waals surface area contributed by atoms with Gasteiger partial charge in [0.15, 0.2) is 11.9 Å². The van der Waals surface area contributed by atoms with E-state index in [1.165, 1.54) is 19.1 Å². The predicted molar refractivity (Wildman–Crippen MR) is 82.9 cm³/mol. The molecule has 2 aromatic carbocycles. The minimum absolute atomic E-state index is 0.0761. The van der Waals surface area contributed by atoms with Crippen molar-refractivity contribution in [3.63, 3.8) is 0 Å². The number of halogens is 2. The number of hydrogen-bond acceptors (Lipinski definition) is 4. The molecule has 0 saturated heterocycles. The van der Waals surface area contributed by atoms with Gasteiger partial charge in [0.25, 0.3) is 5.91 Å². The van der Waals surface area contributed by atoms with E-state index >= 15 is 0 Å². The number of carbonyl (C=O) groups excluding carboxylic acids is 1. The first-order chi connectivity index (χ1) is 11.3. The molecular weight excluding hydrogens is 322 g/mol. The second kappa shape index (κ2) is 7.03. The van der Waals surface area contributed by atoms with Crippen LogP contribution in [0, 0.1) is 28.7 Å². The Morgan fingerprint density at radius 1 is 1.25 bits per heavy atom. The number of anilines is 1. The summed E-state index contributed by atoms with van der Waals surface area (Å²) >= 11 is 0. The lowest BCUT2D eigenvalue weighted by Gasteiger charge is -2.15. The first-order valence-electron chi connectivity index (χ1n) is 6.95. The van der Waals surface area contributed by atoms with Crippen LogP contribution in [0.2, 0.25) is 0 Å². The van der Waals surface area contributed by atoms with Gasteiger partial charge in [-0.15, -0.1) is 0 Å². The number of nitrogens with zero attached hydrogens (tertiary/aromatic N) is 1. The van der Waals surface area contributed by atoms with E-state index in [9.17, 15) is 23.7 Å². The van der Waals surface area contributed by atoms with Crippen LogP contribution in [0.5, 0.6) is 5.75 Å². The molecule has 126 valence electrons. The van der Waals surface area contributed by atoms with E-state index in [2.05, 4.69) is 5.32 Å². The number of aryl methyl sites for hydroxylation is 1. The third kappa shape index (κ3) is 4.03. The molecule has 8 heteroatoms. The summed E-state index contributed by atoms with van der Waals surface area (Å²) in [5.41, 5.74) is 0.178. The molecule has 0 heterocycles. The zero-order valence-corrected chi connectivity index (χ0v) is 12.9. The molecule has 0 aliphatic rings. The van der Waals surface area contributed by atoms with Gasteiger partial charge in [-0.25, -0.2) is 8.78 Å². The second-order valence-corrected chi connectivity index (χ2v) is 5.10. The van der Waals surface area contributed by atoms with Gasteiger partial charge in [-0.1, -0.05) is 6.07 Å². The number of nitrogens with one attached hydrogen (secondary N) is 1. The van der Waals surface area contributed by atoms with Crippen LogP contribution in [0.1, 0.15) is 12.5 Å². The molecule has 1 N–H and O–H groups in total. The van der Waals surface area contributed by atoms with Crippen molar-refractivity contribution < 1.29 is 23.2 Å². The predicted octanol–water partition coefficient (Wildman–Crippen LogP) is 3.59. The summed E-state index contributed by atoms with van der Waals surface area (Å²) in [6, 6.07) is 7.01. The van der Waals surface area contributed by atoms with Gasteiger partial charge in [-0.3, -0.25) is 14.9 Å². The molecule has 24 heavy (non-hydrogen) atoms. The van der Waals surface area contributed by atoms with Crippen molar-refractivity contribution >= 4 is 17.3 Å². The summed E-state index contributed by atoms with van der Waals surface area (Å²) < 4.78 is 31.7. The molecule has 1 amide bonds. The number of nitro groups is 1. The highest BCUT2D eigenvalue weighted by atomic mass is 19.1. The van der Waals surface area contributed by atoms with Gasteiger partial charge >= 0.3 is 5.69 Å². The van der Waals surface area contributed by atoms with Crippen molar-refractivity contribution in [1.29, 1.82) is 0 Å². The largest absolute Gasteiger partial charge is 0.474 e. The molecule has 0 saturated carbocycles. The number of hydrogen-bond donors (Lipinski definition) is 1. The SMILES string of the molecule is Cc1ccc(O[C@H](C)C(=O)Nc2ccc(F)cc2F)c([N+](=O)[O-])c1. The van der Waals surface area contributed by atoms with Gasteiger partial charge in [0.05, 0.1) is 10.6 Å². The van der Waals surface area contributed by atoms with E-state index in [0.717, 1.165) is 12.1 Å². The number of carbonyl (C=O) groups is 1. The van der Waals surface area contributed by atoms with Gasteiger partial charge < -0.3 is 10.1 Å².